The van der Waals surface area contributed by atoms with E-state index >= 15 is 0 Å². The van der Waals surface area contributed by atoms with Gasteiger partial charge in [0.25, 0.3) is 20.2 Å². The maximum absolute atomic E-state index is 13.2. The van der Waals surface area contributed by atoms with E-state index in [1.807, 2.05) is 0 Å². The lowest BCUT2D eigenvalue weighted by Gasteiger charge is -2.42. The minimum Gasteiger partial charge on any atom is -0.456 e. The van der Waals surface area contributed by atoms with Crippen molar-refractivity contribution in [3.8, 4) is 0 Å². The summed E-state index contributed by atoms with van der Waals surface area (Å²) < 4.78 is 74.2. The van der Waals surface area contributed by atoms with Crippen LogP contribution in [0.15, 0.2) is 58.3 Å². The second-order valence-corrected chi connectivity index (χ2v) is 13.2. The molecule has 204 valence electrons. The fourth-order valence-electron chi connectivity index (χ4n) is 3.48. The van der Waals surface area contributed by atoms with Gasteiger partial charge in [0.2, 0.25) is 0 Å². The molecule has 2 aromatic carbocycles. The Morgan fingerprint density at radius 1 is 0.784 bits per heavy atom. The van der Waals surface area contributed by atoms with Crippen molar-refractivity contribution in [3.63, 3.8) is 0 Å². The maximum atomic E-state index is 13.2. The number of rotatable bonds is 7. The summed E-state index contributed by atoms with van der Waals surface area (Å²) in [4.78, 5) is 12.3. The predicted molar refractivity (Wildman–Crippen MR) is 132 cm³/mol. The van der Waals surface area contributed by atoms with Crippen LogP contribution < -0.4 is 0 Å². The van der Waals surface area contributed by atoms with Crippen LogP contribution >= 0.6 is 0 Å². The maximum Gasteiger partial charge on any atom is 0.311 e. The van der Waals surface area contributed by atoms with Crippen LogP contribution in [0.25, 0.3) is 0 Å². The number of ether oxygens (including phenoxy) is 2. The summed E-state index contributed by atoms with van der Waals surface area (Å²) in [6, 6.07) is 11.5. The van der Waals surface area contributed by atoms with Crippen molar-refractivity contribution in [1.29, 1.82) is 0 Å². The van der Waals surface area contributed by atoms with E-state index in [1.165, 1.54) is 31.2 Å². The van der Waals surface area contributed by atoms with E-state index in [1.54, 1.807) is 58.9 Å². The monoisotopic (exact) mass is 556 g/mol. The summed E-state index contributed by atoms with van der Waals surface area (Å²) in [6.07, 6.45) is -8.08. The van der Waals surface area contributed by atoms with Gasteiger partial charge >= 0.3 is 5.97 Å². The normalized spacial score (nSPS) is 25.0. The lowest BCUT2D eigenvalue weighted by molar-refractivity contribution is -0.271. The Labute approximate surface area is 217 Å². The number of aliphatic hydroxyl groups is 1. The van der Waals surface area contributed by atoms with Crippen LogP contribution in [0.5, 0.6) is 0 Å². The summed E-state index contributed by atoms with van der Waals surface area (Å²) in [7, 11) is -9.04. The van der Waals surface area contributed by atoms with Crippen LogP contribution in [0.3, 0.4) is 0 Å². The average Bonchev–Trinajstić information content (AvgIpc) is 2.78. The molecule has 0 spiro atoms. The number of hydrogen-bond donors (Lipinski definition) is 1. The summed E-state index contributed by atoms with van der Waals surface area (Å²) in [5.74, 6) is -0.717. The van der Waals surface area contributed by atoms with Crippen molar-refractivity contribution in [1.82, 2.24) is 0 Å². The molecular formula is C25H32O10S2. The van der Waals surface area contributed by atoms with Gasteiger partial charge in [-0.25, -0.2) is 0 Å². The molecule has 0 radical (unpaired) electrons. The Bertz CT molecular complexity index is 1310. The van der Waals surface area contributed by atoms with Crippen LogP contribution in [0.4, 0.5) is 0 Å². The quantitative estimate of drug-likeness (QED) is 0.399. The molecule has 5 unspecified atom stereocenters. The highest BCUT2D eigenvalue weighted by atomic mass is 32.2. The number of hydrogen-bond acceptors (Lipinski definition) is 10. The molecule has 2 aromatic rings. The topological polar surface area (TPSA) is 143 Å². The zero-order chi connectivity index (χ0) is 27.8. The number of carbonyl (C=O) groups excluding carboxylic acids is 1. The first-order chi connectivity index (χ1) is 17.0. The molecule has 5 atom stereocenters. The van der Waals surface area contributed by atoms with Gasteiger partial charge in [0.1, 0.15) is 6.10 Å². The Hall–Kier alpha value is -2.35. The molecule has 1 fully saturated rings. The molecule has 0 amide bonds. The van der Waals surface area contributed by atoms with Crippen molar-refractivity contribution in [2.75, 3.05) is 0 Å². The van der Waals surface area contributed by atoms with Crippen molar-refractivity contribution in [2.45, 2.75) is 82.0 Å². The lowest BCUT2D eigenvalue weighted by atomic mass is 9.95. The lowest BCUT2D eigenvalue weighted by Crippen LogP contribution is -2.61. The molecule has 0 bridgehead atoms. The largest absolute Gasteiger partial charge is 0.456 e. The highest BCUT2D eigenvalue weighted by Gasteiger charge is 2.52. The molecule has 0 saturated carbocycles. The van der Waals surface area contributed by atoms with Gasteiger partial charge < -0.3 is 14.6 Å². The van der Waals surface area contributed by atoms with E-state index < -0.39 is 62.3 Å². The number of aliphatic hydroxyl groups excluding tert-OH is 1. The van der Waals surface area contributed by atoms with Gasteiger partial charge in [-0.05, 0) is 65.8 Å². The molecule has 1 N–H and O–H groups in total. The fourth-order valence-corrected chi connectivity index (χ4v) is 5.65. The van der Waals surface area contributed by atoms with Crippen LogP contribution in [0.1, 0.15) is 38.8 Å². The third kappa shape index (κ3) is 6.95. The van der Waals surface area contributed by atoms with E-state index in [9.17, 15) is 26.7 Å². The Balaban J connectivity index is 2.04. The second-order valence-electron chi connectivity index (χ2n) is 10.0. The van der Waals surface area contributed by atoms with Gasteiger partial charge in [-0.1, -0.05) is 35.4 Å². The molecular weight excluding hydrogens is 524 g/mol. The number of esters is 1. The zero-order valence-electron chi connectivity index (χ0n) is 21.4. The van der Waals surface area contributed by atoms with Gasteiger partial charge in [0.15, 0.2) is 18.5 Å². The molecule has 10 nitrogen and oxygen atoms in total. The zero-order valence-corrected chi connectivity index (χ0v) is 23.1. The molecule has 1 saturated heterocycles. The molecule has 1 aliphatic heterocycles. The highest BCUT2D eigenvalue weighted by Crippen LogP contribution is 2.33. The van der Waals surface area contributed by atoms with Crippen LogP contribution in [0, 0.1) is 19.3 Å². The van der Waals surface area contributed by atoms with E-state index in [2.05, 4.69) is 0 Å². The third-order valence-corrected chi connectivity index (χ3v) is 8.35. The molecule has 0 aliphatic carbocycles. The summed E-state index contributed by atoms with van der Waals surface area (Å²) in [5.41, 5.74) is 0.616. The molecule has 3 rings (SSSR count). The standard InChI is InChI=1S/C25H32O10S2/c1-15-7-11-18(12-8-15)36(28,29)34-21-20(33-24(27)25(4,5)6)17(3)32-23(26)22(21)35-37(30,31)19-13-9-16(2)10-14-19/h7-14,17,20-23,26H,1-6H3. The van der Waals surface area contributed by atoms with Crippen molar-refractivity contribution in [2.24, 2.45) is 5.41 Å². The first-order valence-corrected chi connectivity index (χ1v) is 14.4. The van der Waals surface area contributed by atoms with Gasteiger partial charge in [0, 0.05) is 0 Å². The van der Waals surface area contributed by atoms with E-state index in [0.29, 0.717) is 0 Å². The molecule has 1 heterocycles. The smallest absolute Gasteiger partial charge is 0.311 e. The Morgan fingerprint density at radius 2 is 1.19 bits per heavy atom. The van der Waals surface area contributed by atoms with E-state index in [-0.39, 0.29) is 9.79 Å². The fraction of sp³-hybridized carbons (Fsp3) is 0.480. The van der Waals surface area contributed by atoms with Gasteiger partial charge in [-0.3, -0.25) is 13.2 Å². The molecule has 1 aliphatic rings. The van der Waals surface area contributed by atoms with Gasteiger partial charge in [0.05, 0.1) is 21.3 Å². The highest BCUT2D eigenvalue weighted by molar-refractivity contribution is 7.87. The number of carbonyl (C=O) groups is 1. The van der Waals surface area contributed by atoms with Crippen molar-refractivity contribution < 1.29 is 44.6 Å². The number of aryl methyl sites for hydroxylation is 2. The molecule has 0 aromatic heterocycles. The Morgan fingerprint density at radius 3 is 1.59 bits per heavy atom. The minimum absolute atomic E-state index is 0.215. The molecule has 37 heavy (non-hydrogen) atoms. The van der Waals surface area contributed by atoms with Gasteiger partial charge in [-0.15, -0.1) is 0 Å². The number of benzene rings is 2. The van der Waals surface area contributed by atoms with E-state index in [0.717, 1.165) is 11.1 Å². The Kier molecular flexibility index (Phi) is 8.52. The summed E-state index contributed by atoms with van der Waals surface area (Å²) >= 11 is 0. The predicted octanol–water partition coefficient (Wildman–Crippen LogP) is 2.85. The van der Waals surface area contributed by atoms with Crippen LogP contribution in [-0.4, -0.2) is 58.6 Å². The van der Waals surface area contributed by atoms with E-state index in [4.69, 9.17) is 17.8 Å². The van der Waals surface area contributed by atoms with Crippen LogP contribution in [0.2, 0.25) is 0 Å². The first-order valence-electron chi connectivity index (χ1n) is 11.6. The average molecular weight is 557 g/mol. The van der Waals surface area contributed by atoms with Crippen molar-refractivity contribution >= 4 is 26.2 Å². The van der Waals surface area contributed by atoms with Crippen molar-refractivity contribution in [3.05, 3.63) is 59.7 Å². The third-order valence-electron chi connectivity index (χ3n) is 5.70. The summed E-state index contributed by atoms with van der Waals surface area (Å²) in [6.45, 7) is 9.75. The van der Waals surface area contributed by atoms with Gasteiger partial charge in [-0.2, -0.15) is 16.8 Å². The SMILES string of the molecule is Cc1ccc(S(=O)(=O)OC2C(O)OC(C)C(OC(=O)C(C)(C)C)C2OS(=O)(=O)c2ccc(C)cc2)cc1. The summed E-state index contributed by atoms with van der Waals surface area (Å²) in [5, 5.41) is 10.7. The second kappa shape index (κ2) is 10.8. The minimum atomic E-state index is -4.52. The first kappa shape index (κ1) is 29.2. The molecule has 12 heteroatoms. The van der Waals surface area contributed by atoms with Crippen LogP contribution in [-0.2, 0) is 42.9 Å².